The lowest BCUT2D eigenvalue weighted by atomic mass is 9.92. The zero-order chi connectivity index (χ0) is 23.8. The molecule has 1 aliphatic heterocycles. The van der Waals surface area contributed by atoms with Gasteiger partial charge >= 0.3 is 5.97 Å². The Hall–Kier alpha value is -3.94. The second-order valence-electron chi connectivity index (χ2n) is 8.49. The number of aromatic nitrogens is 2. The van der Waals surface area contributed by atoms with E-state index in [9.17, 15) is 14.4 Å². The molecule has 0 fully saturated rings. The van der Waals surface area contributed by atoms with Crippen molar-refractivity contribution >= 4 is 23.5 Å². The summed E-state index contributed by atoms with van der Waals surface area (Å²) in [6.07, 6.45) is 1.40. The number of imidazole rings is 1. The van der Waals surface area contributed by atoms with Gasteiger partial charge in [0.2, 0.25) is 5.91 Å². The molecule has 0 saturated carbocycles. The quantitative estimate of drug-likeness (QED) is 0.608. The fraction of sp³-hybridized carbons (Fsp3) is 0.280. The Morgan fingerprint density at radius 3 is 2.42 bits per heavy atom. The normalized spacial score (nSPS) is 17.5. The van der Waals surface area contributed by atoms with Gasteiger partial charge in [-0.25, -0.2) is 9.78 Å². The van der Waals surface area contributed by atoms with Crippen molar-refractivity contribution in [2.75, 3.05) is 12.0 Å². The second-order valence-corrected chi connectivity index (χ2v) is 8.49. The molecular weight excluding hydrogens is 420 g/mol. The zero-order valence-electron chi connectivity index (χ0n) is 19.1. The van der Waals surface area contributed by atoms with Crippen LogP contribution in [0.5, 0.6) is 0 Å². The lowest BCUT2D eigenvalue weighted by Crippen LogP contribution is -2.64. The zero-order valence-corrected chi connectivity index (χ0v) is 19.1. The molecule has 0 radical (unpaired) electrons. The summed E-state index contributed by atoms with van der Waals surface area (Å²) in [5, 5.41) is 2.97. The Morgan fingerprint density at radius 1 is 1.12 bits per heavy atom. The van der Waals surface area contributed by atoms with E-state index in [-0.39, 0.29) is 23.8 Å². The van der Waals surface area contributed by atoms with Crippen LogP contribution in [0, 0.1) is 13.8 Å². The van der Waals surface area contributed by atoms with Gasteiger partial charge in [-0.1, -0.05) is 36.4 Å². The average Bonchev–Trinajstić information content (AvgIpc) is 3.20. The first-order valence-corrected chi connectivity index (χ1v) is 10.6. The van der Waals surface area contributed by atoms with Gasteiger partial charge in [0.05, 0.1) is 20.0 Å². The second kappa shape index (κ2) is 8.54. The number of hydrogen-bond acceptors (Lipinski definition) is 5. The molecule has 0 spiro atoms. The molecule has 0 saturated heterocycles. The molecule has 8 heteroatoms. The SMILES string of the molecule is COC(=O)c1ncn2c1C(=O)N(c1cc(C)cc(C)c1)C(C)(C(=O)NCc1ccccc1)C2. The fourth-order valence-corrected chi connectivity index (χ4v) is 4.33. The molecule has 8 nitrogen and oxygen atoms in total. The van der Waals surface area contributed by atoms with E-state index in [1.165, 1.54) is 18.3 Å². The largest absolute Gasteiger partial charge is 0.464 e. The van der Waals surface area contributed by atoms with Crippen molar-refractivity contribution in [3.05, 3.63) is 82.9 Å². The molecule has 2 aromatic carbocycles. The van der Waals surface area contributed by atoms with Gasteiger partial charge in [0.15, 0.2) is 5.69 Å². The van der Waals surface area contributed by atoms with Crippen molar-refractivity contribution in [2.24, 2.45) is 0 Å². The van der Waals surface area contributed by atoms with Gasteiger partial charge in [-0.3, -0.25) is 14.5 Å². The third-order valence-electron chi connectivity index (χ3n) is 5.84. The number of nitrogens with zero attached hydrogens (tertiary/aromatic N) is 3. The van der Waals surface area contributed by atoms with Crippen LogP contribution in [0.25, 0.3) is 0 Å². The van der Waals surface area contributed by atoms with Crippen LogP contribution in [-0.4, -0.2) is 40.0 Å². The number of benzene rings is 2. The van der Waals surface area contributed by atoms with Crippen molar-refractivity contribution in [1.82, 2.24) is 14.9 Å². The number of carbonyl (C=O) groups is 3. The maximum absolute atomic E-state index is 13.8. The number of ether oxygens (including phenoxy) is 1. The summed E-state index contributed by atoms with van der Waals surface area (Å²) in [7, 11) is 1.24. The van der Waals surface area contributed by atoms with E-state index in [1.807, 2.05) is 62.4 Å². The van der Waals surface area contributed by atoms with Crippen LogP contribution in [-0.2, 0) is 22.6 Å². The van der Waals surface area contributed by atoms with Crippen molar-refractivity contribution in [1.29, 1.82) is 0 Å². The minimum atomic E-state index is -1.26. The number of aryl methyl sites for hydroxylation is 2. The van der Waals surface area contributed by atoms with Gasteiger partial charge in [-0.05, 0) is 49.6 Å². The Kier molecular flexibility index (Phi) is 5.76. The van der Waals surface area contributed by atoms with Gasteiger partial charge in [-0.2, -0.15) is 0 Å². The summed E-state index contributed by atoms with van der Waals surface area (Å²) in [6.45, 7) is 6.05. The Morgan fingerprint density at radius 2 is 1.79 bits per heavy atom. The van der Waals surface area contributed by atoms with Gasteiger partial charge in [-0.15, -0.1) is 0 Å². The molecule has 0 bridgehead atoms. The number of nitrogens with one attached hydrogen (secondary N) is 1. The topological polar surface area (TPSA) is 93.5 Å². The van der Waals surface area contributed by atoms with Crippen LogP contribution < -0.4 is 10.2 Å². The van der Waals surface area contributed by atoms with Crippen LogP contribution in [0.15, 0.2) is 54.9 Å². The third-order valence-corrected chi connectivity index (χ3v) is 5.84. The minimum Gasteiger partial charge on any atom is -0.464 e. The van der Waals surface area contributed by atoms with Crippen LogP contribution in [0.4, 0.5) is 5.69 Å². The summed E-state index contributed by atoms with van der Waals surface area (Å²) in [5.41, 5.74) is 2.23. The molecule has 1 aliphatic rings. The Labute approximate surface area is 192 Å². The number of anilines is 1. The highest BCUT2D eigenvalue weighted by molar-refractivity contribution is 6.15. The first-order chi connectivity index (χ1) is 15.7. The maximum Gasteiger partial charge on any atom is 0.359 e. The molecule has 1 aromatic heterocycles. The minimum absolute atomic E-state index is 0.0661. The summed E-state index contributed by atoms with van der Waals surface area (Å²) >= 11 is 0. The highest BCUT2D eigenvalue weighted by Gasteiger charge is 2.49. The smallest absolute Gasteiger partial charge is 0.359 e. The number of fused-ring (bicyclic) bond motifs is 1. The molecular formula is C25H26N4O4. The number of hydrogen-bond donors (Lipinski definition) is 1. The molecule has 33 heavy (non-hydrogen) atoms. The number of rotatable bonds is 5. The van der Waals surface area contributed by atoms with E-state index in [1.54, 1.807) is 11.5 Å². The Balaban J connectivity index is 1.79. The predicted molar refractivity (Wildman–Crippen MR) is 123 cm³/mol. The number of carbonyl (C=O) groups excluding carboxylic acids is 3. The number of amides is 2. The third kappa shape index (κ3) is 4.00. The predicted octanol–water partition coefficient (Wildman–Crippen LogP) is 3.02. The van der Waals surface area contributed by atoms with Crippen LogP contribution in [0.3, 0.4) is 0 Å². The van der Waals surface area contributed by atoms with Crippen LogP contribution >= 0.6 is 0 Å². The standard InChI is InChI=1S/C25H26N4O4/c1-16-10-17(2)12-19(11-16)29-22(30)21-20(23(31)33-4)27-15-28(21)14-25(29,3)24(32)26-13-18-8-6-5-7-9-18/h5-12,15H,13-14H2,1-4H3,(H,26,32). The summed E-state index contributed by atoms with van der Waals surface area (Å²) in [5.74, 6) is -1.49. The first kappa shape index (κ1) is 22.3. The highest BCUT2D eigenvalue weighted by Crippen LogP contribution is 2.35. The first-order valence-electron chi connectivity index (χ1n) is 10.6. The molecule has 2 amide bonds. The van der Waals surface area contributed by atoms with Crippen molar-refractivity contribution < 1.29 is 19.1 Å². The highest BCUT2D eigenvalue weighted by atomic mass is 16.5. The lowest BCUT2D eigenvalue weighted by Gasteiger charge is -2.43. The van der Waals surface area contributed by atoms with Gasteiger partial charge in [0.1, 0.15) is 11.2 Å². The van der Waals surface area contributed by atoms with E-state index in [4.69, 9.17) is 4.74 Å². The number of methoxy groups -OCH3 is 1. The van der Waals surface area contributed by atoms with Crippen LogP contribution in [0.2, 0.25) is 0 Å². The number of esters is 1. The van der Waals surface area contributed by atoms with Crippen molar-refractivity contribution in [3.63, 3.8) is 0 Å². The molecule has 4 rings (SSSR count). The van der Waals surface area contributed by atoms with Crippen LogP contribution in [0.1, 0.15) is 44.6 Å². The summed E-state index contributed by atoms with van der Waals surface area (Å²) in [6, 6.07) is 15.3. The molecule has 2 heterocycles. The summed E-state index contributed by atoms with van der Waals surface area (Å²) in [4.78, 5) is 45.2. The van der Waals surface area contributed by atoms with Gasteiger partial charge < -0.3 is 14.6 Å². The molecule has 0 aliphatic carbocycles. The Bertz CT molecular complexity index is 1210. The lowest BCUT2D eigenvalue weighted by molar-refractivity contribution is -0.126. The van der Waals surface area contributed by atoms with E-state index in [0.29, 0.717) is 12.2 Å². The van der Waals surface area contributed by atoms with Crippen molar-refractivity contribution in [3.8, 4) is 0 Å². The van der Waals surface area contributed by atoms with E-state index < -0.39 is 17.4 Å². The average molecular weight is 447 g/mol. The van der Waals surface area contributed by atoms with E-state index in [2.05, 4.69) is 10.3 Å². The van der Waals surface area contributed by atoms with E-state index in [0.717, 1.165) is 16.7 Å². The molecule has 3 aromatic rings. The summed E-state index contributed by atoms with van der Waals surface area (Å²) < 4.78 is 6.36. The molecule has 1 unspecified atom stereocenters. The maximum atomic E-state index is 13.8. The fourth-order valence-electron chi connectivity index (χ4n) is 4.33. The van der Waals surface area contributed by atoms with E-state index >= 15 is 0 Å². The molecule has 1 N–H and O–H groups in total. The van der Waals surface area contributed by atoms with Gasteiger partial charge in [0.25, 0.3) is 5.91 Å². The monoisotopic (exact) mass is 446 g/mol. The molecule has 1 atom stereocenters. The van der Waals surface area contributed by atoms with Gasteiger partial charge in [0, 0.05) is 12.2 Å². The van der Waals surface area contributed by atoms with Crippen molar-refractivity contribution in [2.45, 2.75) is 39.4 Å². The molecule has 170 valence electrons.